The van der Waals surface area contributed by atoms with E-state index in [0.717, 1.165) is 60.0 Å². The highest BCUT2D eigenvalue weighted by molar-refractivity contribution is 7.99. The van der Waals surface area contributed by atoms with Crippen molar-refractivity contribution in [2.24, 2.45) is 0 Å². The maximum Gasteiger partial charge on any atom is 0.137 e. The van der Waals surface area contributed by atoms with Gasteiger partial charge in [0, 0.05) is 23.0 Å². The van der Waals surface area contributed by atoms with E-state index in [1.165, 1.54) is 0 Å². The van der Waals surface area contributed by atoms with Crippen molar-refractivity contribution < 1.29 is 13.5 Å². The lowest BCUT2D eigenvalue weighted by molar-refractivity contribution is 0.169. The van der Waals surface area contributed by atoms with Gasteiger partial charge < -0.3 is 10.1 Å². The molecule has 0 spiro atoms. The van der Waals surface area contributed by atoms with Crippen LogP contribution in [-0.4, -0.2) is 24.9 Å². The highest BCUT2D eigenvalue weighted by atomic mass is 35.5. The second-order valence-corrected chi connectivity index (χ2v) is 8.31. The summed E-state index contributed by atoms with van der Waals surface area (Å²) in [6, 6.07) is 6.05. The molecule has 0 saturated carbocycles. The van der Waals surface area contributed by atoms with Crippen LogP contribution in [0.5, 0.6) is 5.75 Å². The number of ether oxygens (including phenoxy) is 1. The van der Waals surface area contributed by atoms with E-state index < -0.39 is 11.6 Å². The largest absolute Gasteiger partial charge is 0.488 e. The second kappa shape index (κ2) is 7.37. The summed E-state index contributed by atoms with van der Waals surface area (Å²) in [4.78, 5) is 0.961. The zero-order chi connectivity index (χ0) is 18.3. The van der Waals surface area contributed by atoms with E-state index in [4.69, 9.17) is 16.3 Å². The van der Waals surface area contributed by atoms with Gasteiger partial charge in [0.1, 0.15) is 23.5 Å². The van der Waals surface area contributed by atoms with Crippen LogP contribution in [0.3, 0.4) is 0 Å². The molecule has 0 amide bonds. The Morgan fingerprint density at radius 3 is 2.73 bits per heavy atom. The number of thioether (sulfide) groups is 1. The molecule has 2 aromatic rings. The van der Waals surface area contributed by atoms with Crippen molar-refractivity contribution in [2.45, 2.75) is 36.7 Å². The van der Waals surface area contributed by atoms with Crippen LogP contribution in [0, 0.1) is 11.6 Å². The molecule has 138 valence electrons. The van der Waals surface area contributed by atoms with E-state index in [-0.39, 0.29) is 22.6 Å². The monoisotopic (exact) mass is 395 g/mol. The highest BCUT2D eigenvalue weighted by Gasteiger charge is 2.38. The van der Waals surface area contributed by atoms with Crippen molar-refractivity contribution in [1.82, 2.24) is 5.32 Å². The molecular weight excluding hydrogens is 376 g/mol. The van der Waals surface area contributed by atoms with Crippen molar-refractivity contribution in [2.75, 3.05) is 18.8 Å². The quantitative estimate of drug-likeness (QED) is 0.678. The number of hydrogen-bond acceptors (Lipinski definition) is 3. The van der Waals surface area contributed by atoms with Crippen molar-refractivity contribution in [3.63, 3.8) is 0 Å². The molecule has 2 aromatic carbocycles. The number of hydrogen-bond donors (Lipinski definition) is 1. The van der Waals surface area contributed by atoms with Crippen molar-refractivity contribution >= 4 is 23.4 Å². The Bertz CT molecular complexity index is 822. The molecule has 2 unspecified atom stereocenters. The molecule has 26 heavy (non-hydrogen) atoms. The predicted molar refractivity (Wildman–Crippen MR) is 102 cm³/mol. The third-order valence-corrected chi connectivity index (χ3v) is 6.37. The zero-order valence-corrected chi connectivity index (χ0v) is 16.0. The molecule has 1 fully saturated rings. The van der Waals surface area contributed by atoms with E-state index in [9.17, 15) is 8.78 Å². The summed E-state index contributed by atoms with van der Waals surface area (Å²) in [5.74, 6) is 0.759. The van der Waals surface area contributed by atoms with Gasteiger partial charge in [-0.15, -0.1) is 11.8 Å². The van der Waals surface area contributed by atoms with Crippen LogP contribution < -0.4 is 10.1 Å². The fourth-order valence-electron chi connectivity index (χ4n) is 3.74. The van der Waals surface area contributed by atoms with Gasteiger partial charge >= 0.3 is 0 Å². The van der Waals surface area contributed by atoms with E-state index in [1.54, 1.807) is 11.8 Å². The second-order valence-electron chi connectivity index (χ2n) is 6.74. The molecule has 2 aliphatic heterocycles. The minimum Gasteiger partial charge on any atom is -0.488 e. The smallest absolute Gasteiger partial charge is 0.137 e. The summed E-state index contributed by atoms with van der Waals surface area (Å²) >= 11 is 7.46. The lowest BCUT2D eigenvalue weighted by Crippen LogP contribution is -2.37. The van der Waals surface area contributed by atoms with E-state index in [2.05, 4.69) is 12.2 Å². The van der Waals surface area contributed by atoms with E-state index in [0.29, 0.717) is 5.56 Å². The van der Waals surface area contributed by atoms with Crippen LogP contribution >= 0.6 is 23.4 Å². The molecule has 0 aromatic heterocycles. The maximum atomic E-state index is 14.5. The first-order valence-electron chi connectivity index (χ1n) is 8.91. The van der Waals surface area contributed by atoms with Gasteiger partial charge in [0.15, 0.2) is 0 Å². The predicted octanol–water partition coefficient (Wildman–Crippen LogP) is 5.63. The first kappa shape index (κ1) is 18.1. The van der Waals surface area contributed by atoms with Gasteiger partial charge in [-0.2, -0.15) is 0 Å². The molecule has 4 rings (SSSR count). The van der Waals surface area contributed by atoms with Crippen LogP contribution in [0.2, 0.25) is 5.02 Å². The molecular formula is C20H20ClF2NOS. The summed E-state index contributed by atoms with van der Waals surface area (Å²) in [6.45, 7) is 3.87. The number of fused-ring (bicyclic) bond motifs is 3. The third-order valence-electron chi connectivity index (χ3n) is 4.93. The first-order valence-corrected chi connectivity index (χ1v) is 10.3. The summed E-state index contributed by atoms with van der Waals surface area (Å²) in [7, 11) is 0. The first-order chi connectivity index (χ1) is 12.6. The number of nitrogens with one attached hydrogen (secondary N) is 1. The van der Waals surface area contributed by atoms with Gasteiger partial charge in [0.2, 0.25) is 0 Å². The van der Waals surface area contributed by atoms with Gasteiger partial charge in [-0.3, -0.25) is 0 Å². The van der Waals surface area contributed by atoms with Gasteiger partial charge in [0.25, 0.3) is 0 Å². The summed E-state index contributed by atoms with van der Waals surface area (Å²) in [6.07, 6.45) is 2.10. The molecule has 2 heterocycles. The van der Waals surface area contributed by atoms with Gasteiger partial charge in [0.05, 0.1) is 10.5 Å². The summed E-state index contributed by atoms with van der Waals surface area (Å²) < 4.78 is 35.2. The van der Waals surface area contributed by atoms with E-state index >= 15 is 0 Å². The van der Waals surface area contributed by atoms with Crippen LogP contribution in [0.25, 0.3) is 11.1 Å². The Morgan fingerprint density at radius 2 is 2.00 bits per heavy atom. The number of benzene rings is 2. The van der Waals surface area contributed by atoms with Crippen molar-refractivity contribution in [3.05, 3.63) is 46.5 Å². The molecule has 2 aliphatic rings. The Morgan fingerprint density at radius 1 is 1.23 bits per heavy atom. The van der Waals surface area contributed by atoms with Crippen LogP contribution in [0.15, 0.2) is 29.2 Å². The Balaban J connectivity index is 1.85. The van der Waals surface area contributed by atoms with Crippen molar-refractivity contribution in [1.29, 1.82) is 0 Å². The average molecular weight is 396 g/mol. The molecule has 0 radical (unpaired) electrons. The van der Waals surface area contributed by atoms with Crippen LogP contribution in [0.1, 0.15) is 31.2 Å². The molecule has 2 nitrogen and oxygen atoms in total. The van der Waals surface area contributed by atoms with Crippen LogP contribution in [-0.2, 0) is 0 Å². The standard InChI is InChI=1S/C20H20ClF2NOS/c1-2-5-26-18-7-11(19-15(22)8-12(21)9-16(19)23)6-13-14-10-24-4-3-17(14)25-20(13)18/h6-9,14,17,24H,2-5,10H2,1H3. The minimum atomic E-state index is -0.640. The summed E-state index contributed by atoms with van der Waals surface area (Å²) in [5.41, 5.74) is 1.57. The SMILES string of the molecule is CCCSc1cc(-c2c(F)cc(Cl)cc2F)cc2c1OC1CCNCC21. The molecule has 0 aliphatic carbocycles. The topological polar surface area (TPSA) is 21.3 Å². The lowest BCUT2D eigenvalue weighted by atomic mass is 9.89. The van der Waals surface area contributed by atoms with Gasteiger partial charge in [-0.1, -0.05) is 18.5 Å². The average Bonchev–Trinajstić information content (AvgIpc) is 2.98. The fraction of sp³-hybridized carbons (Fsp3) is 0.400. The zero-order valence-electron chi connectivity index (χ0n) is 14.5. The molecule has 1 saturated heterocycles. The molecule has 6 heteroatoms. The van der Waals surface area contributed by atoms with Crippen LogP contribution in [0.4, 0.5) is 8.78 Å². The number of rotatable bonds is 4. The van der Waals surface area contributed by atoms with Gasteiger partial charge in [-0.05, 0) is 55.0 Å². The summed E-state index contributed by atoms with van der Waals surface area (Å²) in [5, 5.41) is 3.46. The minimum absolute atomic E-state index is 0.0252. The molecule has 1 N–H and O–H groups in total. The maximum absolute atomic E-state index is 14.5. The Labute approximate surface area is 161 Å². The fourth-order valence-corrected chi connectivity index (χ4v) is 4.87. The highest BCUT2D eigenvalue weighted by Crippen LogP contribution is 2.48. The van der Waals surface area contributed by atoms with Gasteiger partial charge in [-0.25, -0.2) is 8.78 Å². The van der Waals surface area contributed by atoms with Crippen molar-refractivity contribution in [3.8, 4) is 16.9 Å². The lowest BCUT2D eigenvalue weighted by Gasteiger charge is -2.24. The Kier molecular flexibility index (Phi) is 5.13. The normalized spacial score (nSPS) is 21.2. The third kappa shape index (κ3) is 3.21. The van der Waals surface area contributed by atoms with E-state index in [1.807, 2.05) is 12.1 Å². The Hall–Kier alpha value is -1.30. The molecule has 0 bridgehead atoms. The number of halogens is 3. The number of piperidine rings is 1. The molecule has 2 atom stereocenters.